The van der Waals surface area contributed by atoms with Crippen LogP contribution >= 0.6 is 23.2 Å². The molecule has 0 saturated heterocycles. The lowest BCUT2D eigenvalue weighted by atomic mass is 10.2. The van der Waals surface area contributed by atoms with Gasteiger partial charge in [-0.25, -0.2) is 0 Å². The van der Waals surface area contributed by atoms with Crippen LogP contribution in [0.25, 0.3) is 0 Å². The first-order chi connectivity index (χ1) is 10.4. The number of nitrogens with zero attached hydrogens (tertiary/aromatic N) is 1. The molecular formula is C16H14Cl2N2O2. The first-order valence-electron chi connectivity index (χ1n) is 6.49. The molecule has 0 aliphatic carbocycles. The number of hydrogen-bond acceptors (Lipinski definition) is 2. The molecule has 2 aromatic carbocycles. The maximum absolute atomic E-state index is 12.1. The van der Waals surface area contributed by atoms with Crippen molar-refractivity contribution in [3.63, 3.8) is 0 Å². The van der Waals surface area contributed by atoms with Crippen molar-refractivity contribution < 1.29 is 9.59 Å². The summed E-state index contributed by atoms with van der Waals surface area (Å²) in [6, 6.07) is 11.6. The summed E-state index contributed by atoms with van der Waals surface area (Å²) in [5.41, 5.74) is 1.79. The summed E-state index contributed by atoms with van der Waals surface area (Å²) in [5, 5.41) is 3.48. The lowest BCUT2D eigenvalue weighted by molar-refractivity contribution is -0.116. The van der Waals surface area contributed by atoms with Crippen LogP contribution in [-0.2, 0) is 4.79 Å². The van der Waals surface area contributed by atoms with Gasteiger partial charge in [0.2, 0.25) is 5.91 Å². The Labute approximate surface area is 138 Å². The lowest BCUT2D eigenvalue weighted by Gasteiger charge is -2.15. The fourth-order valence-electron chi connectivity index (χ4n) is 1.79. The molecule has 0 radical (unpaired) electrons. The first-order valence-corrected chi connectivity index (χ1v) is 7.25. The van der Waals surface area contributed by atoms with E-state index in [1.165, 1.54) is 17.9 Å². The summed E-state index contributed by atoms with van der Waals surface area (Å²) in [7, 11) is 1.69. The van der Waals surface area contributed by atoms with E-state index < -0.39 is 0 Å². The molecular weight excluding hydrogens is 323 g/mol. The van der Waals surface area contributed by atoms with Crippen molar-refractivity contribution in [3.8, 4) is 0 Å². The molecule has 0 fully saturated rings. The molecule has 22 heavy (non-hydrogen) atoms. The van der Waals surface area contributed by atoms with Gasteiger partial charge in [-0.3, -0.25) is 9.59 Å². The van der Waals surface area contributed by atoms with Crippen molar-refractivity contribution >= 4 is 46.4 Å². The number of anilines is 2. The summed E-state index contributed by atoms with van der Waals surface area (Å²) in [6.45, 7) is 1.49. The zero-order valence-corrected chi connectivity index (χ0v) is 13.6. The normalized spacial score (nSPS) is 10.2. The smallest absolute Gasteiger partial charge is 0.255 e. The third kappa shape index (κ3) is 3.78. The molecule has 0 atom stereocenters. The average Bonchev–Trinajstić information content (AvgIpc) is 2.50. The van der Waals surface area contributed by atoms with Gasteiger partial charge in [-0.1, -0.05) is 23.2 Å². The Hall–Kier alpha value is -2.04. The monoisotopic (exact) mass is 336 g/mol. The summed E-state index contributed by atoms with van der Waals surface area (Å²) >= 11 is 11.7. The maximum Gasteiger partial charge on any atom is 0.255 e. The summed E-state index contributed by atoms with van der Waals surface area (Å²) in [4.78, 5) is 24.9. The maximum atomic E-state index is 12.1. The minimum Gasteiger partial charge on any atom is -0.322 e. The second kappa shape index (κ2) is 6.81. The Kier molecular flexibility index (Phi) is 5.06. The van der Waals surface area contributed by atoms with Gasteiger partial charge in [-0.05, 0) is 42.5 Å². The van der Waals surface area contributed by atoms with Crippen LogP contribution in [0.2, 0.25) is 10.0 Å². The van der Waals surface area contributed by atoms with Gasteiger partial charge in [0, 0.05) is 30.9 Å². The molecule has 4 nitrogen and oxygen atoms in total. The van der Waals surface area contributed by atoms with E-state index in [9.17, 15) is 9.59 Å². The highest BCUT2D eigenvalue weighted by Gasteiger charge is 2.09. The quantitative estimate of drug-likeness (QED) is 0.911. The molecule has 2 rings (SSSR count). The molecule has 0 bridgehead atoms. The molecule has 0 aliphatic heterocycles. The highest BCUT2D eigenvalue weighted by atomic mass is 35.5. The molecule has 1 N–H and O–H groups in total. The van der Waals surface area contributed by atoms with E-state index in [4.69, 9.17) is 23.2 Å². The second-order valence-electron chi connectivity index (χ2n) is 4.71. The predicted molar refractivity (Wildman–Crippen MR) is 89.9 cm³/mol. The molecule has 0 spiro atoms. The minimum atomic E-state index is -0.286. The molecule has 114 valence electrons. The van der Waals surface area contributed by atoms with Gasteiger partial charge < -0.3 is 10.2 Å². The van der Waals surface area contributed by atoms with Gasteiger partial charge in [-0.15, -0.1) is 0 Å². The highest BCUT2D eigenvalue weighted by Crippen LogP contribution is 2.23. The number of benzene rings is 2. The molecule has 2 aromatic rings. The number of halogens is 2. The van der Waals surface area contributed by atoms with Crippen molar-refractivity contribution in [1.82, 2.24) is 0 Å². The number of amides is 2. The molecule has 6 heteroatoms. The third-order valence-electron chi connectivity index (χ3n) is 3.17. The fraction of sp³-hybridized carbons (Fsp3) is 0.125. The van der Waals surface area contributed by atoms with Crippen LogP contribution in [0.3, 0.4) is 0 Å². The second-order valence-corrected chi connectivity index (χ2v) is 5.52. The van der Waals surface area contributed by atoms with Gasteiger partial charge in [0.15, 0.2) is 0 Å². The molecule has 0 aliphatic rings. The molecule has 2 amide bonds. The number of carbonyl (C=O) groups excluding carboxylic acids is 2. The zero-order chi connectivity index (χ0) is 16.3. The molecule has 0 unspecified atom stereocenters. The summed E-state index contributed by atoms with van der Waals surface area (Å²) in [6.07, 6.45) is 0. The molecule has 0 saturated carbocycles. The van der Waals surface area contributed by atoms with E-state index in [0.29, 0.717) is 21.3 Å². The number of hydrogen-bond donors (Lipinski definition) is 1. The topological polar surface area (TPSA) is 49.4 Å². The lowest BCUT2D eigenvalue weighted by Crippen LogP contribution is -2.22. The highest BCUT2D eigenvalue weighted by molar-refractivity contribution is 6.42. The van der Waals surface area contributed by atoms with Crippen LogP contribution in [0.15, 0.2) is 42.5 Å². The molecule has 0 aromatic heterocycles. The number of nitrogens with one attached hydrogen (secondary N) is 1. The number of carbonyl (C=O) groups is 2. The van der Waals surface area contributed by atoms with Crippen molar-refractivity contribution in [3.05, 3.63) is 58.1 Å². The standard InChI is InChI=1S/C16H14Cl2N2O2/c1-10(21)20(2)13-6-4-12(5-7-13)19-16(22)11-3-8-14(17)15(18)9-11/h3-9H,1-2H3,(H,19,22). The van der Waals surface area contributed by atoms with E-state index in [1.54, 1.807) is 43.4 Å². The van der Waals surface area contributed by atoms with E-state index >= 15 is 0 Å². The fourth-order valence-corrected chi connectivity index (χ4v) is 2.09. The van der Waals surface area contributed by atoms with Gasteiger partial charge in [0.1, 0.15) is 0 Å². The van der Waals surface area contributed by atoms with E-state index in [1.807, 2.05) is 0 Å². The molecule has 0 heterocycles. The first kappa shape index (κ1) is 16.3. The third-order valence-corrected chi connectivity index (χ3v) is 3.91. The van der Waals surface area contributed by atoms with Crippen LogP contribution in [0.5, 0.6) is 0 Å². The Morgan fingerprint density at radius 3 is 2.18 bits per heavy atom. The van der Waals surface area contributed by atoms with Crippen LogP contribution in [0.4, 0.5) is 11.4 Å². The summed E-state index contributed by atoms with van der Waals surface area (Å²) in [5.74, 6) is -0.348. The van der Waals surface area contributed by atoms with Gasteiger partial charge in [0.05, 0.1) is 10.0 Å². The number of rotatable bonds is 3. The van der Waals surface area contributed by atoms with E-state index in [2.05, 4.69) is 5.32 Å². The van der Waals surface area contributed by atoms with Crippen molar-refractivity contribution in [2.45, 2.75) is 6.92 Å². The minimum absolute atomic E-state index is 0.0624. The van der Waals surface area contributed by atoms with Gasteiger partial charge in [0.25, 0.3) is 5.91 Å². The summed E-state index contributed by atoms with van der Waals surface area (Å²) < 4.78 is 0. The SMILES string of the molecule is CC(=O)N(C)c1ccc(NC(=O)c2ccc(Cl)c(Cl)c2)cc1. The Morgan fingerprint density at radius 1 is 1.00 bits per heavy atom. The van der Waals surface area contributed by atoms with Crippen LogP contribution in [-0.4, -0.2) is 18.9 Å². The van der Waals surface area contributed by atoms with Crippen molar-refractivity contribution in [1.29, 1.82) is 0 Å². The van der Waals surface area contributed by atoms with Crippen LogP contribution < -0.4 is 10.2 Å². The Bertz CT molecular complexity index is 715. The van der Waals surface area contributed by atoms with Crippen molar-refractivity contribution in [2.75, 3.05) is 17.3 Å². The van der Waals surface area contributed by atoms with Crippen LogP contribution in [0.1, 0.15) is 17.3 Å². The van der Waals surface area contributed by atoms with Crippen LogP contribution in [0, 0.1) is 0 Å². The average molecular weight is 337 g/mol. The van der Waals surface area contributed by atoms with E-state index in [-0.39, 0.29) is 11.8 Å². The van der Waals surface area contributed by atoms with Gasteiger partial charge in [-0.2, -0.15) is 0 Å². The van der Waals surface area contributed by atoms with Crippen molar-refractivity contribution in [2.24, 2.45) is 0 Å². The Balaban J connectivity index is 2.11. The Morgan fingerprint density at radius 2 is 1.64 bits per heavy atom. The largest absolute Gasteiger partial charge is 0.322 e. The van der Waals surface area contributed by atoms with Gasteiger partial charge >= 0.3 is 0 Å². The predicted octanol–water partition coefficient (Wildman–Crippen LogP) is 4.23. The zero-order valence-electron chi connectivity index (χ0n) is 12.1. The van der Waals surface area contributed by atoms with E-state index in [0.717, 1.165) is 5.69 Å².